The van der Waals surface area contributed by atoms with Gasteiger partial charge in [0.1, 0.15) is 5.69 Å². The van der Waals surface area contributed by atoms with Crippen LogP contribution < -0.4 is 21.7 Å². The van der Waals surface area contributed by atoms with E-state index in [2.05, 4.69) is 27.5 Å². The summed E-state index contributed by atoms with van der Waals surface area (Å²) in [6.07, 6.45) is 13.4. The van der Waals surface area contributed by atoms with Crippen molar-refractivity contribution in [2.24, 2.45) is 5.73 Å². The van der Waals surface area contributed by atoms with E-state index in [0.29, 0.717) is 23.5 Å². The van der Waals surface area contributed by atoms with E-state index >= 15 is 0 Å². The van der Waals surface area contributed by atoms with Gasteiger partial charge < -0.3 is 21.7 Å². The van der Waals surface area contributed by atoms with Gasteiger partial charge in [0.2, 0.25) is 0 Å². The number of carbonyl (C=O) groups is 2. The van der Waals surface area contributed by atoms with Crippen LogP contribution in [0.4, 0.5) is 5.69 Å². The van der Waals surface area contributed by atoms with E-state index in [1.165, 1.54) is 12.3 Å². The van der Waals surface area contributed by atoms with Gasteiger partial charge in [0, 0.05) is 30.2 Å². The monoisotopic (exact) mass is 525 g/mol. The Labute approximate surface area is 227 Å². The van der Waals surface area contributed by atoms with Crippen LogP contribution in [0, 0.1) is 6.92 Å². The number of thioether (sulfide) groups is 1. The van der Waals surface area contributed by atoms with Crippen LogP contribution in [0.1, 0.15) is 59.2 Å². The molecule has 0 bridgehead atoms. The van der Waals surface area contributed by atoms with Crippen LogP contribution in [-0.2, 0) is 6.54 Å². The molecule has 2 rings (SSSR count). The summed E-state index contributed by atoms with van der Waals surface area (Å²) in [7, 11) is 1.88. The average Bonchev–Trinajstić information content (AvgIpc) is 2.89. The van der Waals surface area contributed by atoms with Crippen LogP contribution >= 0.6 is 11.8 Å². The van der Waals surface area contributed by atoms with E-state index in [-0.39, 0.29) is 17.6 Å². The first-order chi connectivity index (χ1) is 17.8. The lowest BCUT2D eigenvalue weighted by atomic mass is 10.1. The summed E-state index contributed by atoms with van der Waals surface area (Å²) in [6, 6.07) is 8.47. The molecule has 7 nitrogen and oxygen atoms in total. The molecule has 0 aliphatic rings. The van der Waals surface area contributed by atoms with Gasteiger partial charge in [0.05, 0.1) is 5.56 Å². The van der Waals surface area contributed by atoms with Crippen LogP contribution in [0.25, 0.3) is 0 Å². The van der Waals surface area contributed by atoms with Crippen LogP contribution in [0.2, 0.25) is 0 Å². The largest absolute Gasteiger partial charge is 0.323 e. The molecule has 0 fully saturated rings. The third-order valence-electron chi connectivity index (χ3n) is 4.70. The van der Waals surface area contributed by atoms with Crippen molar-refractivity contribution in [3.8, 4) is 0 Å². The fraction of sp³-hybridized carbons (Fsp3) is 0.345. The lowest BCUT2D eigenvalue weighted by molar-refractivity contribution is 0.0956. The molecule has 0 spiro atoms. The van der Waals surface area contributed by atoms with Crippen molar-refractivity contribution >= 4 is 29.3 Å². The lowest BCUT2D eigenvalue weighted by Crippen LogP contribution is -2.33. The molecule has 37 heavy (non-hydrogen) atoms. The average molecular weight is 526 g/mol. The predicted molar refractivity (Wildman–Crippen MR) is 160 cm³/mol. The molecular weight excluding hydrogens is 482 g/mol. The highest BCUT2D eigenvalue weighted by atomic mass is 32.2. The molecule has 1 heterocycles. The summed E-state index contributed by atoms with van der Waals surface area (Å²) < 4.78 is 0. The molecule has 1 unspecified atom stereocenters. The zero-order valence-electron chi connectivity index (χ0n) is 23.2. The summed E-state index contributed by atoms with van der Waals surface area (Å²) in [5, 5.41) is 8.75. The van der Waals surface area contributed by atoms with Gasteiger partial charge in [0.25, 0.3) is 11.8 Å². The molecule has 0 aliphatic carbocycles. The van der Waals surface area contributed by atoms with Gasteiger partial charge >= 0.3 is 0 Å². The maximum Gasteiger partial charge on any atom is 0.274 e. The van der Waals surface area contributed by atoms with Gasteiger partial charge in [0.15, 0.2) is 0 Å². The fourth-order valence-electron chi connectivity index (χ4n) is 2.84. The molecule has 5 N–H and O–H groups in total. The number of nitrogens with one attached hydrogen (secondary N) is 3. The first kappa shape index (κ1) is 33.8. The zero-order valence-corrected chi connectivity index (χ0v) is 24.0. The SMILES string of the molecule is C=CC/C=C\C=C(\NC(=O)c1ccc(C(=O)Nc2ccc(C)c(CNC)c2)cn1)C(C)N.CC.CSC. The molecule has 0 radical (unpaired) electrons. The quantitative estimate of drug-likeness (QED) is 0.242. The van der Waals surface area contributed by atoms with Crippen LogP contribution in [0.3, 0.4) is 0 Å². The maximum atomic E-state index is 12.6. The summed E-state index contributed by atoms with van der Waals surface area (Å²) in [4.78, 5) is 29.3. The highest BCUT2D eigenvalue weighted by Crippen LogP contribution is 2.16. The Hall–Kier alpha value is -3.20. The lowest BCUT2D eigenvalue weighted by Gasteiger charge is -2.13. The summed E-state index contributed by atoms with van der Waals surface area (Å²) in [6.45, 7) is 12.2. The summed E-state index contributed by atoms with van der Waals surface area (Å²) in [5.74, 6) is -0.694. The number of hydrogen-bond acceptors (Lipinski definition) is 6. The van der Waals surface area contributed by atoms with E-state index in [0.717, 1.165) is 17.5 Å². The molecule has 2 aromatic rings. The van der Waals surface area contributed by atoms with Gasteiger partial charge in [-0.1, -0.05) is 38.1 Å². The first-order valence-electron chi connectivity index (χ1n) is 12.2. The van der Waals surface area contributed by atoms with Gasteiger partial charge in [-0.05, 0) is 81.3 Å². The van der Waals surface area contributed by atoms with E-state index < -0.39 is 5.91 Å². The van der Waals surface area contributed by atoms with Crippen LogP contribution in [0.5, 0.6) is 0 Å². The number of amides is 2. The van der Waals surface area contributed by atoms with Gasteiger partial charge in [-0.25, -0.2) is 0 Å². The van der Waals surface area contributed by atoms with E-state index in [1.54, 1.807) is 36.9 Å². The Bertz CT molecular complexity index is 1030. The van der Waals surface area contributed by atoms with Crippen molar-refractivity contribution < 1.29 is 9.59 Å². The van der Waals surface area contributed by atoms with Crippen molar-refractivity contribution in [3.63, 3.8) is 0 Å². The molecule has 1 aromatic heterocycles. The topological polar surface area (TPSA) is 109 Å². The highest BCUT2D eigenvalue weighted by Gasteiger charge is 2.13. The third kappa shape index (κ3) is 13.1. The fourth-order valence-corrected chi connectivity index (χ4v) is 2.84. The number of nitrogens with zero attached hydrogens (tertiary/aromatic N) is 1. The molecular formula is C29H43N5O2S. The number of benzene rings is 1. The van der Waals surface area contributed by atoms with Crippen LogP contribution in [-0.4, -0.2) is 42.4 Å². The molecule has 0 saturated carbocycles. The van der Waals surface area contributed by atoms with E-state index in [1.807, 2.05) is 70.7 Å². The maximum absolute atomic E-state index is 12.6. The molecule has 0 saturated heterocycles. The van der Waals surface area contributed by atoms with Crippen molar-refractivity contribution in [2.45, 2.75) is 46.7 Å². The summed E-state index contributed by atoms with van der Waals surface area (Å²) in [5.41, 5.74) is 10.00. The minimum atomic E-state index is -0.395. The van der Waals surface area contributed by atoms with Crippen molar-refractivity contribution in [2.75, 3.05) is 24.9 Å². The second-order valence-electron chi connectivity index (χ2n) is 7.78. The second kappa shape index (κ2) is 19.9. The Morgan fingerprint density at radius 1 is 1.16 bits per heavy atom. The van der Waals surface area contributed by atoms with Crippen LogP contribution in [0.15, 0.2) is 73.1 Å². The minimum absolute atomic E-state index is 0.190. The zero-order chi connectivity index (χ0) is 28.2. The molecule has 0 aliphatic heterocycles. The number of hydrogen-bond donors (Lipinski definition) is 4. The van der Waals surface area contributed by atoms with Crippen molar-refractivity contribution in [1.82, 2.24) is 15.6 Å². The number of rotatable bonds is 10. The Morgan fingerprint density at radius 2 is 1.84 bits per heavy atom. The van der Waals surface area contributed by atoms with E-state index in [9.17, 15) is 9.59 Å². The molecule has 1 aromatic carbocycles. The van der Waals surface area contributed by atoms with Crippen molar-refractivity contribution in [3.05, 3.63) is 95.5 Å². The number of aromatic nitrogens is 1. The second-order valence-corrected chi connectivity index (χ2v) is 8.60. The Balaban J connectivity index is 0.00000241. The molecule has 202 valence electrons. The number of anilines is 1. The molecule has 1 atom stereocenters. The number of aryl methyl sites for hydroxylation is 1. The summed E-state index contributed by atoms with van der Waals surface area (Å²) >= 11 is 1.75. The standard InChI is InChI=1S/C25H31N5O2.C2H6S.C2H6/c1-5-6-7-8-9-22(18(3)26)30-25(32)23-13-11-19(16-28-23)24(31)29-21-12-10-17(2)20(14-21)15-27-4;1-3-2;1-2/h5,7-14,16,18,27H,1,6,15,26H2,2-4H3,(H,29,31)(H,30,32);1-2H3;1-2H3/b8-7-,22-9+;;. The van der Waals surface area contributed by atoms with Crippen molar-refractivity contribution in [1.29, 1.82) is 0 Å². The van der Waals surface area contributed by atoms with Gasteiger partial charge in [-0.15, -0.1) is 6.58 Å². The normalized spacial score (nSPS) is 11.4. The van der Waals surface area contributed by atoms with E-state index in [4.69, 9.17) is 5.73 Å². The number of carbonyl (C=O) groups excluding carboxylic acids is 2. The van der Waals surface area contributed by atoms with Gasteiger partial charge in [-0.2, -0.15) is 11.8 Å². The third-order valence-corrected chi connectivity index (χ3v) is 4.70. The Kier molecular flexibility index (Phi) is 18.2. The predicted octanol–water partition coefficient (Wildman–Crippen LogP) is 5.46. The minimum Gasteiger partial charge on any atom is -0.323 e. The first-order valence-corrected chi connectivity index (χ1v) is 13.9. The Morgan fingerprint density at radius 3 is 2.38 bits per heavy atom. The van der Waals surface area contributed by atoms with Gasteiger partial charge in [-0.3, -0.25) is 14.6 Å². The highest BCUT2D eigenvalue weighted by molar-refractivity contribution is 7.97. The molecule has 8 heteroatoms. The number of allylic oxidation sites excluding steroid dienone is 4. The number of pyridine rings is 1. The number of nitrogens with two attached hydrogens (primary N) is 1. The smallest absolute Gasteiger partial charge is 0.274 e. The molecule has 2 amide bonds.